The zero-order valence-electron chi connectivity index (χ0n) is 12.2. The summed E-state index contributed by atoms with van der Waals surface area (Å²) >= 11 is 0. The van der Waals surface area contributed by atoms with E-state index in [2.05, 4.69) is 12.2 Å². The molecule has 19 heavy (non-hydrogen) atoms. The first-order chi connectivity index (χ1) is 8.95. The summed E-state index contributed by atoms with van der Waals surface area (Å²) in [5.74, 6) is -0.830. The van der Waals surface area contributed by atoms with E-state index in [1.165, 1.54) is 30.6 Å². The van der Waals surface area contributed by atoms with Gasteiger partial charge in [0.05, 0.1) is 5.92 Å². The minimum Gasteiger partial charge on any atom is -0.481 e. The fourth-order valence-corrected chi connectivity index (χ4v) is 2.75. The number of carboxylic acid groups (broad SMARTS) is 1. The number of rotatable bonds is 6. The fraction of sp³-hybridized carbons (Fsp3) is 0.857. The Hall–Kier alpha value is -1.26. The maximum Gasteiger partial charge on any atom is 0.317 e. The van der Waals surface area contributed by atoms with E-state index in [-0.39, 0.29) is 18.6 Å². The van der Waals surface area contributed by atoms with Crippen LogP contribution in [0.3, 0.4) is 0 Å². The molecule has 1 aliphatic carbocycles. The number of carbonyl (C=O) groups excluding carboxylic acids is 1. The number of carboxylic acids is 1. The second-order valence-corrected chi connectivity index (χ2v) is 5.63. The van der Waals surface area contributed by atoms with Crippen LogP contribution in [0.25, 0.3) is 0 Å². The van der Waals surface area contributed by atoms with Gasteiger partial charge in [-0.05, 0) is 25.2 Å². The van der Waals surface area contributed by atoms with Crippen molar-refractivity contribution in [2.24, 2.45) is 11.8 Å². The first-order valence-electron chi connectivity index (χ1n) is 7.20. The summed E-state index contributed by atoms with van der Waals surface area (Å²) in [6, 6.07) is 0.0597. The van der Waals surface area contributed by atoms with Crippen LogP contribution in [0, 0.1) is 11.8 Å². The lowest BCUT2D eigenvalue weighted by molar-refractivity contribution is -0.141. The molecular weight excluding hydrogens is 244 g/mol. The molecule has 0 aromatic carbocycles. The number of carbonyl (C=O) groups is 2. The molecule has 2 atom stereocenters. The molecule has 2 amide bonds. The van der Waals surface area contributed by atoms with Crippen LogP contribution in [-0.2, 0) is 4.79 Å². The topological polar surface area (TPSA) is 69.6 Å². The van der Waals surface area contributed by atoms with E-state index < -0.39 is 11.9 Å². The summed E-state index contributed by atoms with van der Waals surface area (Å²) in [5.41, 5.74) is 0. The van der Waals surface area contributed by atoms with E-state index in [4.69, 9.17) is 5.11 Å². The van der Waals surface area contributed by atoms with Crippen LogP contribution in [0.4, 0.5) is 4.79 Å². The third-order valence-electron chi connectivity index (χ3n) is 4.03. The van der Waals surface area contributed by atoms with Crippen LogP contribution in [0.5, 0.6) is 0 Å². The molecule has 0 radical (unpaired) electrons. The Bertz CT molecular complexity index is 314. The molecule has 0 bridgehead atoms. The van der Waals surface area contributed by atoms with Crippen LogP contribution in [0.2, 0.25) is 0 Å². The molecular formula is C14H26N2O3. The molecule has 1 fully saturated rings. The summed E-state index contributed by atoms with van der Waals surface area (Å²) in [6.07, 6.45) is 5.81. The lowest BCUT2D eigenvalue weighted by atomic mass is 9.96. The highest BCUT2D eigenvalue weighted by atomic mass is 16.4. The van der Waals surface area contributed by atoms with Gasteiger partial charge in [-0.1, -0.05) is 26.7 Å². The summed E-state index contributed by atoms with van der Waals surface area (Å²) < 4.78 is 0. The van der Waals surface area contributed by atoms with Gasteiger partial charge in [0.2, 0.25) is 0 Å². The quantitative estimate of drug-likeness (QED) is 0.778. The Morgan fingerprint density at radius 1 is 1.37 bits per heavy atom. The molecule has 1 saturated carbocycles. The van der Waals surface area contributed by atoms with Gasteiger partial charge in [0.15, 0.2) is 0 Å². The Morgan fingerprint density at radius 3 is 2.42 bits per heavy atom. The van der Waals surface area contributed by atoms with Crippen molar-refractivity contribution < 1.29 is 14.7 Å². The van der Waals surface area contributed by atoms with E-state index in [1.807, 2.05) is 0 Å². The van der Waals surface area contributed by atoms with E-state index in [9.17, 15) is 9.59 Å². The van der Waals surface area contributed by atoms with Crippen molar-refractivity contribution in [3.05, 3.63) is 0 Å². The highest BCUT2D eigenvalue weighted by Crippen LogP contribution is 2.28. The smallest absolute Gasteiger partial charge is 0.317 e. The van der Waals surface area contributed by atoms with Crippen LogP contribution < -0.4 is 5.32 Å². The Labute approximate surface area is 115 Å². The van der Waals surface area contributed by atoms with Crippen molar-refractivity contribution in [1.29, 1.82) is 0 Å². The summed E-state index contributed by atoms with van der Waals surface area (Å²) in [4.78, 5) is 24.3. The van der Waals surface area contributed by atoms with E-state index in [0.29, 0.717) is 5.92 Å². The molecule has 0 heterocycles. The molecule has 0 aromatic rings. The number of nitrogens with zero attached hydrogens (tertiary/aromatic N) is 1. The second kappa shape index (κ2) is 7.36. The van der Waals surface area contributed by atoms with Crippen LogP contribution in [-0.4, -0.2) is 41.6 Å². The van der Waals surface area contributed by atoms with Gasteiger partial charge in [-0.25, -0.2) is 4.79 Å². The summed E-state index contributed by atoms with van der Waals surface area (Å²) in [7, 11) is 1.65. The molecule has 0 aliphatic heterocycles. The number of nitrogens with one attached hydrogen (secondary N) is 1. The Balaban J connectivity index is 2.45. The minimum absolute atomic E-state index is 0.160. The number of hydrogen-bond acceptors (Lipinski definition) is 2. The van der Waals surface area contributed by atoms with Gasteiger partial charge >= 0.3 is 12.0 Å². The summed E-state index contributed by atoms with van der Waals surface area (Å²) in [5, 5.41) is 11.9. The van der Waals surface area contributed by atoms with Gasteiger partial charge in [0.25, 0.3) is 0 Å². The van der Waals surface area contributed by atoms with Crippen molar-refractivity contribution in [2.45, 2.75) is 52.0 Å². The van der Waals surface area contributed by atoms with Gasteiger partial charge < -0.3 is 15.3 Å². The van der Waals surface area contributed by atoms with Crippen molar-refractivity contribution in [3.63, 3.8) is 0 Å². The second-order valence-electron chi connectivity index (χ2n) is 5.63. The van der Waals surface area contributed by atoms with Gasteiger partial charge in [-0.3, -0.25) is 4.79 Å². The molecule has 0 saturated heterocycles. The molecule has 1 rings (SSSR count). The van der Waals surface area contributed by atoms with Crippen molar-refractivity contribution in [2.75, 3.05) is 13.6 Å². The normalized spacial score (nSPS) is 18.9. The number of hydrogen-bond donors (Lipinski definition) is 2. The molecule has 2 N–H and O–H groups in total. The van der Waals surface area contributed by atoms with E-state index >= 15 is 0 Å². The van der Waals surface area contributed by atoms with Crippen LogP contribution in [0.15, 0.2) is 0 Å². The van der Waals surface area contributed by atoms with Crippen molar-refractivity contribution >= 4 is 12.0 Å². The largest absolute Gasteiger partial charge is 0.481 e. The molecule has 2 unspecified atom stereocenters. The number of aliphatic carboxylic acids is 1. The van der Waals surface area contributed by atoms with Crippen molar-refractivity contribution in [3.8, 4) is 0 Å². The average molecular weight is 270 g/mol. The highest BCUT2D eigenvalue weighted by Gasteiger charge is 2.26. The van der Waals surface area contributed by atoms with E-state index in [1.54, 1.807) is 14.0 Å². The lowest BCUT2D eigenvalue weighted by Gasteiger charge is -2.27. The Kier molecular flexibility index (Phi) is 6.12. The monoisotopic (exact) mass is 270 g/mol. The van der Waals surface area contributed by atoms with E-state index in [0.717, 1.165) is 6.42 Å². The zero-order chi connectivity index (χ0) is 14.4. The number of urea groups is 1. The van der Waals surface area contributed by atoms with Gasteiger partial charge in [0.1, 0.15) is 0 Å². The van der Waals surface area contributed by atoms with Crippen LogP contribution >= 0.6 is 0 Å². The highest BCUT2D eigenvalue weighted by molar-refractivity contribution is 5.76. The molecule has 5 nitrogen and oxygen atoms in total. The predicted molar refractivity (Wildman–Crippen MR) is 74.0 cm³/mol. The predicted octanol–water partition coefficient (Wildman–Crippen LogP) is 2.32. The third-order valence-corrected chi connectivity index (χ3v) is 4.03. The lowest BCUT2D eigenvalue weighted by Crippen LogP contribution is -2.47. The molecule has 5 heteroatoms. The average Bonchev–Trinajstić information content (AvgIpc) is 2.88. The van der Waals surface area contributed by atoms with Gasteiger partial charge in [-0.2, -0.15) is 0 Å². The van der Waals surface area contributed by atoms with Crippen molar-refractivity contribution in [1.82, 2.24) is 10.2 Å². The molecule has 0 spiro atoms. The number of amides is 2. The molecule has 1 aliphatic rings. The molecule has 110 valence electrons. The SMILES string of the molecule is CCC(NC(=O)N(C)CC(C)C(=O)O)C1CCCC1. The first kappa shape index (κ1) is 15.8. The van der Waals surface area contributed by atoms with Gasteiger partial charge in [0, 0.05) is 19.6 Å². The fourth-order valence-electron chi connectivity index (χ4n) is 2.75. The maximum atomic E-state index is 12.0. The standard InChI is InChI=1S/C14H26N2O3/c1-4-12(11-7-5-6-8-11)15-14(19)16(3)9-10(2)13(17)18/h10-12H,4-9H2,1-3H3,(H,15,19)(H,17,18). The maximum absolute atomic E-state index is 12.0. The van der Waals surface area contributed by atoms with Gasteiger partial charge in [-0.15, -0.1) is 0 Å². The zero-order valence-corrected chi connectivity index (χ0v) is 12.2. The minimum atomic E-state index is -0.873. The molecule has 0 aromatic heterocycles. The Morgan fingerprint density at radius 2 is 1.95 bits per heavy atom. The first-order valence-corrected chi connectivity index (χ1v) is 7.20. The van der Waals surface area contributed by atoms with Crippen LogP contribution in [0.1, 0.15) is 46.0 Å². The third kappa shape index (κ3) is 4.73. The summed E-state index contributed by atoms with van der Waals surface area (Å²) in [6.45, 7) is 3.94.